The molecule has 10 heteroatoms. The molecule has 2 amide bonds. The second kappa shape index (κ2) is 14.8. The number of rotatable bonds is 12. The molecule has 1 saturated heterocycles. The molecule has 1 aliphatic heterocycles. The molecule has 38 heavy (non-hydrogen) atoms. The van der Waals surface area contributed by atoms with Crippen molar-refractivity contribution in [1.82, 2.24) is 15.5 Å². The molecule has 1 saturated carbocycles. The Bertz CT molecular complexity index is 890. The Balaban J connectivity index is 1.45. The topological polar surface area (TPSA) is 103 Å². The smallest absolute Gasteiger partial charge is 0.317 e. The Labute approximate surface area is 231 Å². The number of unbranched alkanes of at least 4 members (excludes halogenated alkanes) is 1. The SMILES string of the molecule is CNC(C1CCCCC1)[C@H](O)[C@H](C)NC(=O)N1CCO[C@H](CCCCC(O)(OC)c2cccc(Cl)c2F)C1. The molecular weight excluding hydrogens is 513 g/mol. The predicted octanol–water partition coefficient (Wildman–Crippen LogP) is 4.16. The number of hydrogen-bond acceptors (Lipinski definition) is 6. The average molecular weight is 558 g/mol. The van der Waals surface area contributed by atoms with Crippen LogP contribution in [0.25, 0.3) is 0 Å². The van der Waals surface area contributed by atoms with Crippen LogP contribution >= 0.6 is 11.6 Å². The third-order valence-electron chi connectivity index (χ3n) is 8.15. The van der Waals surface area contributed by atoms with Crippen molar-refractivity contribution in [3.8, 4) is 0 Å². The van der Waals surface area contributed by atoms with E-state index in [1.807, 2.05) is 14.0 Å². The summed E-state index contributed by atoms with van der Waals surface area (Å²) in [6.45, 7) is 3.23. The first kappa shape index (κ1) is 31.0. The van der Waals surface area contributed by atoms with Crippen molar-refractivity contribution < 1.29 is 28.9 Å². The molecule has 0 bridgehead atoms. The lowest BCUT2D eigenvalue weighted by atomic mass is 9.80. The minimum absolute atomic E-state index is 0.0181. The molecule has 1 aromatic carbocycles. The zero-order valence-electron chi connectivity index (χ0n) is 22.9. The molecule has 2 unspecified atom stereocenters. The Hall–Kier alpha value is -1.49. The minimum Gasteiger partial charge on any atom is -0.389 e. The lowest BCUT2D eigenvalue weighted by Gasteiger charge is -2.38. The lowest BCUT2D eigenvalue weighted by molar-refractivity contribution is -0.201. The zero-order valence-corrected chi connectivity index (χ0v) is 23.7. The first-order valence-electron chi connectivity index (χ1n) is 13.9. The number of ether oxygens (including phenoxy) is 2. The van der Waals surface area contributed by atoms with E-state index in [-0.39, 0.29) is 41.2 Å². The molecule has 1 heterocycles. The average Bonchev–Trinajstić information content (AvgIpc) is 2.93. The van der Waals surface area contributed by atoms with Gasteiger partial charge in [0.25, 0.3) is 0 Å². The number of methoxy groups -OCH3 is 1. The number of morpholine rings is 1. The second-order valence-electron chi connectivity index (χ2n) is 10.7. The van der Waals surface area contributed by atoms with Crippen molar-refractivity contribution in [3.05, 3.63) is 34.6 Å². The molecule has 0 spiro atoms. The van der Waals surface area contributed by atoms with Gasteiger partial charge in [-0.3, -0.25) is 0 Å². The highest BCUT2D eigenvalue weighted by molar-refractivity contribution is 6.30. The van der Waals surface area contributed by atoms with E-state index < -0.39 is 17.7 Å². The number of carbonyl (C=O) groups is 1. The Morgan fingerprint density at radius 2 is 2.05 bits per heavy atom. The number of aliphatic hydroxyl groups is 2. The van der Waals surface area contributed by atoms with Crippen LogP contribution in [0.4, 0.5) is 9.18 Å². The van der Waals surface area contributed by atoms with E-state index in [1.165, 1.54) is 38.5 Å². The number of aliphatic hydroxyl groups excluding tert-OH is 1. The van der Waals surface area contributed by atoms with E-state index in [4.69, 9.17) is 21.1 Å². The molecule has 3 rings (SSSR count). The Morgan fingerprint density at radius 1 is 1.32 bits per heavy atom. The maximum atomic E-state index is 14.4. The van der Waals surface area contributed by atoms with E-state index >= 15 is 0 Å². The van der Waals surface area contributed by atoms with Gasteiger partial charge in [0.2, 0.25) is 0 Å². The fraction of sp³-hybridized carbons (Fsp3) is 0.750. The summed E-state index contributed by atoms with van der Waals surface area (Å²) in [7, 11) is 3.22. The molecule has 2 aliphatic rings. The van der Waals surface area contributed by atoms with Crippen molar-refractivity contribution in [2.75, 3.05) is 33.9 Å². The molecule has 0 aromatic heterocycles. The maximum Gasteiger partial charge on any atom is 0.317 e. The third-order valence-corrected chi connectivity index (χ3v) is 8.44. The van der Waals surface area contributed by atoms with Crippen molar-refractivity contribution in [2.45, 2.75) is 94.8 Å². The standard InChI is InChI=1S/C28H45ClFN3O5/c1-19(26(34)25(31-2)20-10-5-4-6-11-20)32-27(35)33-16-17-38-21(18-33)12-7-8-15-28(36,37-3)22-13-9-14-23(29)24(22)30/h9,13-14,19-21,25-26,31,34,36H,4-8,10-12,15-18H2,1-3H3,(H,32,35)/t19-,21+,25?,26+,28?/m0/s1. The first-order chi connectivity index (χ1) is 18.2. The van der Waals surface area contributed by atoms with Gasteiger partial charge in [-0.05, 0) is 51.6 Å². The third kappa shape index (κ3) is 8.02. The molecule has 5 atom stereocenters. The van der Waals surface area contributed by atoms with Crippen LogP contribution in [0, 0.1) is 11.7 Å². The number of likely N-dealkylation sites (N-methyl/N-ethyl adjacent to an activating group) is 1. The Morgan fingerprint density at radius 3 is 2.74 bits per heavy atom. The van der Waals surface area contributed by atoms with Gasteiger partial charge in [0.1, 0.15) is 5.82 Å². The fourth-order valence-electron chi connectivity index (χ4n) is 5.83. The first-order valence-corrected chi connectivity index (χ1v) is 14.3. The van der Waals surface area contributed by atoms with Crippen LogP contribution in [0.3, 0.4) is 0 Å². The van der Waals surface area contributed by atoms with Crippen molar-refractivity contribution in [3.63, 3.8) is 0 Å². The van der Waals surface area contributed by atoms with Crippen LogP contribution in [0.5, 0.6) is 0 Å². The van der Waals surface area contributed by atoms with Gasteiger partial charge in [0.15, 0.2) is 5.79 Å². The number of hydrogen-bond donors (Lipinski definition) is 4. The summed E-state index contributed by atoms with van der Waals surface area (Å²) in [4.78, 5) is 14.7. The van der Waals surface area contributed by atoms with E-state index in [0.717, 1.165) is 12.8 Å². The van der Waals surface area contributed by atoms with Crippen molar-refractivity contribution in [1.29, 1.82) is 0 Å². The number of nitrogens with one attached hydrogen (secondary N) is 2. The van der Waals surface area contributed by atoms with E-state index in [0.29, 0.717) is 44.9 Å². The maximum absolute atomic E-state index is 14.4. The Kier molecular flexibility index (Phi) is 12.1. The van der Waals surface area contributed by atoms with Crippen LogP contribution in [0.1, 0.15) is 70.3 Å². The number of benzene rings is 1. The van der Waals surface area contributed by atoms with Gasteiger partial charge in [-0.1, -0.05) is 49.4 Å². The minimum atomic E-state index is -1.77. The van der Waals surface area contributed by atoms with Gasteiger partial charge < -0.3 is 35.2 Å². The zero-order chi connectivity index (χ0) is 27.7. The van der Waals surface area contributed by atoms with Gasteiger partial charge >= 0.3 is 6.03 Å². The molecule has 2 fully saturated rings. The van der Waals surface area contributed by atoms with Crippen molar-refractivity contribution in [2.24, 2.45) is 5.92 Å². The summed E-state index contributed by atoms with van der Waals surface area (Å²) in [6, 6.07) is 3.84. The summed E-state index contributed by atoms with van der Waals surface area (Å²) in [5, 5.41) is 28.1. The van der Waals surface area contributed by atoms with Crippen LogP contribution in [-0.2, 0) is 15.3 Å². The van der Waals surface area contributed by atoms with Gasteiger partial charge in [0.05, 0.1) is 29.9 Å². The highest BCUT2D eigenvalue weighted by atomic mass is 35.5. The fourth-order valence-corrected chi connectivity index (χ4v) is 6.00. The molecule has 4 N–H and O–H groups in total. The summed E-state index contributed by atoms with van der Waals surface area (Å²) >= 11 is 5.87. The van der Waals surface area contributed by atoms with Crippen molar-refractivity contribution >= 4 is 17.6 Å². The lowest BCUT2D eigenvalue weighted by Crippen LogP contribution is -2.57. The quantitative estimate of drug-likeness (QED) is 0.227. The van der Waals surface area contributed by atoms with Crippen LogP contribution in [0.15, 0.2) is 18.2 Å². The van der Waals surface area contributed by atoms with Crippen LogP contribution in [-0.4, -0.2) is 79.3 Å². The normalized spacial score (nSPS) is 22.9. The largest absolute Gasteiger partial charge is 0.389 e. The monoisotopic (exact) mass is 557 g/mol. The molecule has 0 radical (unpaired) electrons. The number of nitrogens with zero attached hydrogens (tertiary/aromatic N) is 1. The number of urea groups is 1. The second-order valence-corrected chi connectivity index (χ2v) is 11.1. The van der Waals surface area contributed by atoms with E-state index in [2.05, 4.69) is 10.6 Å². The molecule has 1 aromatic rings. The number of carbonyl (C=O) groups excluding carboxylic acids is 1. The van der Waals surface area contributed by atoms with Gasteiger partial charge in [-0.25, -0.2) is 9.18 Å². The number of halogens is 2. The van der Waals surface area contributed by atoms with E-state index in [1.54, 1.807) is 11.0 Å². The van der Waals surface area contributed by atoms with Crippen LogP contribution in [0.2, 0.25) is 5.02 Å². The van der Waals surface area contributed by atoms with E-state index in [9.17, 15) is 19.4 Å². The van der Waals surface area contributed by atoms with Gasteiger partial charge in [-0.15, -0.1) is 0 Å². The molecular formula is C28H45ClFN3O5. The predicted molar refractivity (Wildman–Crippen MR) is 146 cm³/mol. The molecule has 1 aliphatic carbocycles. The summed E-state index contributed by atoms with van der Waals surface area (Å²) < 4.78 is 25.6. The molecule has 8 nitrogen and oxygen atoms in total. The van der Waals surface area contributed by atoms with Gasteiger partial charge in [0, 0.05) is 38.2 Å². The molecule has 216 valence electrons. The van der Waals surface area contributed by atoms with Gasteiger partial charge in [-0.2, -0.15) is 0 Å². The summed E-state index contributed by atoms with van der Waals surface area (Å²) in [5.41, 5.74) is 0.0181. The highest BCUT2D eigenvalue weighted by Crippen LogP contribution is 2.33. The number of amides is 2. The highest BCUT2D eigenvalue weighted by Gasteiger charge is 2.34. The van der Waals surface area contributed by atoms with Crippen LogP contribution < -0.4 is 10.6 Å². The summed E-state index contributed by atoms with van der Waals surface area (Å²) in [6.07, 6.45) is 7.17. The summed E-state index contributed by atoms with van der Waals surface area (Å²) in [5.74, 6) is -2.04.